The predicted molar refractivity (Wildman–Crippen MR) is 58.2 cm³/mol. The minimum absolute atomic E-state index is 0.108. The van der Waals surface area contributed by atoms with Crippen LogP contribution in [0.15, 0.2) is 18.5 Å². The first-order chi connectivity index (χ1) is 7.24. The van der Waals surface area contributed by atoms with Crippen LogP contribution >= 0.6 is 0 Å². The normalized spacial score (nSPS) is 30.9. The minimum atomic E-state index is -0.340. The summed E-state index contributed by atoms with van der Waals surface area (Å²) in [5, 5.41) is 13.5. The van der Waals surface area contributed by atoms with E-state index in [4.69, 9.17) is 5.73 Å². The number of aromatic nitrogens is 2. The SMILES string of the molecule is NC1(CO)CCCC1CCn1cccn1. The van der Waals surface area contributed by atoms with E-state index in [2.05, 4.69) is 5.10 Å². The first-order valence-electron chi connectivity index (χ1n) is 5.62. The summed E-state index contributed by atoms with van der Waals surface area (Å²) in [6.45, 7) is 1.01. The molecule has 84 valence electrons. The molecule has 4 nitrogen and oxygen atoms in total. The van der Waals surface area contributed by atoms with E-state index >= 15 is 0 Å². The molecule has 4 heteroatoms. The molecule has 0 saturated heterocycles. The monoisotopic (exact) mass is 209 g/mol. The Morgan fingerprint density at radius 2 is 2.47 bits per heavy atom. The third kappa shape index (κ3) is 2.21. The van der Waals surface area contributed by atoms with Crippen LogP contribution in [0.1, 0.15) is 25.7 Å². The molecule has 1 fully saturated rings. The van der Waals surface area contributed by atoms with Gasteiger partial charge in [-0.2, -0.15) is 5.10 Å². The Morgan fingerprint density at radius 1 is 1.60 bits per heavy atom. The lowest BCUT2D eigenvalue weighted by Gasteiger charge is -2.29. The van der Waals surface area contributed by atoms with Gasteiger partial charge in [0.05, 0.1) is 6.61 Å². The highest BCUT2D eigenvalue weighted by Crippen LogP contribution is 2.35. The van der Waals surface area contributed by atoms with Gasteiger partial charge in [0.2, 0.25) is 0 Å². The fraction of sp³-hybridized carbons (Fsp3) is 0.727. The second-order valence-corrected chi connectivity index (χ2v) is 4.54. The van der Waals surface area contributed by atoms with Crippen LogP contribution in [-0.2, 0) is 6.54 Å². The molecule has 1 saturated carbocycles. The zero-order chi connectivity index (χ0) is 10.7. The number of aliphatic hydroxyl groups is 1. The van der Waals surface area contributed by atoms with Crippen molar-refractivity contribution in [1.82, 2.24) is 9.78 Å². The fourth-order valence-corrected chi connectivity index (χ4v) is 2.53. The molecule has 2 rings (SSSR count). The molecule has 15 heavy (non-hydrogen) atoms. The third-order valence-electron chi connectivity index (χ3n) is 3.57. The number of aliphatic hydroxyl groups excluding tert-OH is 1. The van der Waals surface area contributed by atoms with Crippen LogP contribution in [0.25, 0.3) is 0 Å². The molecule has 2 unspecified atom stereocenters. The number of nitrogens with zero attached hydrogens (tertiary/aromatic N) is 2. The van der Waals surface area contributed by atoms with Gasteiger partial charge in [-0.1, -0.05) is 6.42 Å². The zero-order valence-corrected chi connectivity index (χ0v) is 8.97. The number of hydrogen-bond donors (Lipinski definition) is 2. The number of hydrogen-bond acceptors (Lipinski definition) is 3. The molecule has 0 bridgehead atoms. The smallest absolute Gasteiger partial charge is 0.0613 e. The number of rotatable bonds is 4. The van der Waals surface area contributed by atoms with E-state index in [1.165, 1.54) is 0 Å². The average molecular weight is 209 g/mol. The van der Waals surface area contributed by atoms with E-state index in [1.54, 1.807) is 6.20 Å². The molecule has 1 aliphatic rings. The Bertz CT molecular complexity index is 299. The Hall–Kier alpha value is -0.870. The van der Waals surface area contributed by atoms with Crippen molar-refractivity contribution in [3.05, 3.63) is 18.5 Å². The Labute approximate surface area is 90.1 Å². The van der Waals surface area contributed by atoms with Gasteiger partial charge < -0.3 is 10.8 Å². The topological polar surface area (TPSA) is 64.1 Å². The maximum Gasteiger partial charge on any atom is 0.0613 e. The van der Waals surface area contributed by atoms with Crippen LogP contribution in [0.3, 0.4) is 0 Å². The van der Waals surface area contributed by atoms with Gasteiger partial charge in [-0.15, -0.1) is 0 Å². The maximum absolute atomic E-state index is 9.31. The first-order valence-corrected chi connectivity index (χ1v) is 5.62. The van der Waals surface area contributed by atoms with E-state index < -0.39 is 0 Å². The van der Waals surface area contributed by atoms with Crippen LogP contribution < -0.4 is 5.73 Å². The maximum atomic E-state index is 9.31. The van der Waals surface area contributed by atoms with Gasteiger partial charge in [-0.25, -0.2) is 0 Å². The van der Waals surface area contributed by atoms with E-state index in [-0.39, 0.29) is 12.1 Å². The molecular weight excluding hydrogens is 190 g/mol. The van der Waals surface area contributed by atoms with Crippen molar-refractivity contribution < 1.29 is 5.11 Å². The highest BCUT2D eigenvalue weighted by molar-refractivity contribution is 4.96. The second-order valence-electron chi connectivity index (χ2n) is 4.54. The lowest BCUT2D eigenvalue weighted by atomic mass is 9.86. The van der Waals surface area contributed by atoms with Crippen LogP contribution in [0, 0.1) is 5.92 Å². The van der Waals surface area contributed by atoms with Gasteiger partial charge in [0.1, 0.15) is 0 Å². The molecule has 0 spiro atoms. The Kier molecular flexibility index (Phi) is 3.07. The highest BCUT2D eigenvalue weighted by atomic mass is 16.3. The van der Waals surface area contributed by atoms with Crippen molar-refractivity contribution in [3.8, 4) is 0 Å². The summed E-state index contributed by atoms with van der Waals surface area (Å²) in [6.07, 6.45) is 7.99. The standard InChI is InChI=1S/C11H19N3O/c12-11(9-15)5-1-3-10(11)4-8-14-7-2-6-13-14/h2,6-7,10,15H,1,3-5,8-9,12H2. The largest absolute Gasteiger partial charge is 0.394 e. The minimum Gasteiger partial charge on any atom is -0.394 e. The van der Waals surface area contributed by atoms with Crippen LogP contribution in [-0.4, -0.2) is 27.0 Å². The van der Waals surface area contributed by atoms with Crippen LogP contribution in [0.5, 0.6) is 0 Å². The molecule has 0 aliphatic heterocycles. The summed E-state index contributed by atoms with van der Waals surface area (Å²) in [6, 6.07) is 1.93. The second kappa shape index (κ2) is 4.33. The van der Waals surface area contributed by atoms with Crippen molar-refractivity contribution in [2.24, 2.45) is 11.7 Å². The summed E-state index contributed by atoms with van der Waals surface area (Å²) in [4.78, 5) is 0. The molecule has 1 aromatic rings. The summed E-state index contributed by atoms with van der Waals surface area (Å²) in [5.74, 6) is 0.437. The van der Waals surface area contributed by atoms with Gasteiger partial charge in [-0.3, -0.25) is 4.68 Å². The molecule has 0 radical (unpaired) electrons. The fourth-order valence-electron chi connectivity index (χ4n) is 2.53. The van der Waals surface area contributed by atoms with Crippen molar-refractivity contribution >= 4 is 0 Å². The lowest BCUT2D eigenvalue weighted by molar-refractivity contribution is 0.152. The van der Waals surface area contributed by atoms with Gasteiger partial charge >= 0.3 is 0 Å². The first kappa shape index (κ1) is 10.6. The van der Waals surface area contributed by atoms with Gasteiger partial charge in [0.15, 0.2) is 0 Å². The molecule has 0 aromatic carbocycles. The van der Waals surface area contributed by atoms with E-state index in [1.807, 2.05) is 16.9 Å². The molecule has 1 heterocycles. The summed E-state index contributed by atoms with van der Waals surface area (Å²) in [7, 11) is 0. The van der Waals surface area contributed by atoms with Gasteiger partial charge in [0, 0.05) is 24.5 Å². The van der Waals surface area contributed by atoms with Gasteiger partial charge in [-0.05, 0) is 31.2 Å². The quantitative estimate of drug-likeness (QED) is 0.769. The highest BCUT2D eigenvalue weighted by Gasteiger charge is 2.38. The Balaban J connectivity index is 1.89. The number of nitrogens with two attached hydrogens (primary N) is 1. The van der Waals surface area contributed by atoms with E-state index in [0.29, 0.717) is 5.92 Å². The molecule has 1 aromatic heterocycles. The van der Waals surface area contributed by atoms with Gasteiger partial charge in [0.25, 0.3) is 0 Å². The summed E-state index contributed by atoms with van der Waals surface area (Å²) < 4.78 is 1.93. The van der Waals surface area contributed by atoms with Crippen molar-refractivity contribution in [3.63, 3.8) is 0 Å². The van der Waals surface area contributed by atoms with E-state index in [9.17, 15) is 5.11 Å². The molecule has 1 aliphatic carbocycles. The van der Waals surface area contributed by atoms with Crippen molar-refractivity contribution in [1.29, 1.82) is 0 Å². The molecule has 0 amide bonds. The summed E-state index contributed by atoms with van der Waals surface area (Å²) in [5.41, 5.74) is 5.82. The van der Waals surface area contributed by atoms with Crippen molar-refractivity contribution in [2.45, 2.75) is 37.8 Å². The zero-order valence-electron chi connectivity index (χ0n) is 8.97. The lowest BCUT2D eigenvalue weighted by Crippen LogP contribution is -2.47. The number of aryl methyl sites for hydroxylation is 1. The Morgan fingerprint density at radius 3 is 3.13 bits per heavy atom. The van der Waals surface area contributed by atoms with Crippen molar-refractivity contribution in [2.75, 3.05) is 6.61 Å². The third-order valence-corrected chi connectivity index (χ3v) is 3.57. The van der Waals surface area contributed by atoms with E-state index in [0.717, 1.165) is 32.2 Å². The molecule has 2 atom stereocenters. The summed E-state index contributed by atoms with van der Waals surface area (Å²) >= 11 is 0. The predicted octanol–water partition coefficient (Wildman–Crippen LogP) is 0.763. The average Bonchev–Trinajstić information content (AvgIpc) is 2.85. The van der Waals surface area contributed by atoms with Crippen LogP contribution in [0.2, 0.25) is 0 Å². The van der Waals surface area contributed by atoms with Crippen LogP contribution in [0.4, 0.5) is 0 Å². The molecule has 3 N–H and O–H groups in total. The molecular formula is C11H19N3O.